The lowest BCUT2D eigenvalue weighted by Gasteiger charge is -2.12. The van der Waals surface area contributed by atoms with E-state index in [1.807, 2.05) is 18.2 Å². The maximum absolute atomic E-state index is 12.8. The molecule has 0 saturated carbocycles. The molecule has 1 N–H and O–H groups in total. The average molecular weight is 674 g/mol. The van der Waals surface area contributed by atoms with Crippen LogP contribution in [0.2, 0.25) is 5.02 Å². The molecular formula is C28H20Br2ClN3O5. The van der Waals surface area contributed by atoms with E-state index in [1.54, 1.807) is 54.6 Å². The maximum atomic E-state index is 12.8. The summed E-state index contributed by atoms with van der Waals surface area (Å²) in [5.74, 6) is 0.534. The van der Waals surface area contributed by atoms with Gasteiger partial charge in [0.15, 0.2) is 0 Å². The van der Waals surface area contributed by atoms with Gasteiger partial charge in [-0.3, -0.25) is 14.9 Å². The minimum atomic E-state index is -0.449. The zero-order chi connectivity index (χ0) is 27.8. The summed E-state index contributed by atoms with van der Waals surface area (Å²) in [5, 5.41) is 15.5. The first-order chi connectivity index (χ1) is 18.8. The van der Waals surface area contributed by atoms with E-state index in [9.17, 15) is 14.9 Å². The minimum Gasteiger partial charge on any atom is -0.488 e. The van der Waals surface area contributed by atoms with E-state index in [0.717, 1.165) is 11.1 Å². The van der Waals surface area contributed by atoms with Gasteiger partial charge in [0.2, 0.25) is 0 Å². The second kappa shape index (κ2) is 13.4. The number of hydrazone groups is 1. The van der Waals surface area contributed by atoms with Gasteiger partial charge in [-0.2, -0.15) is 5.10 Å². The molecule has 0 saturated heterocycles. The van der Waals surface area contributed by atoms with Gasteiger partial charge in [-0.1, -0.05) is 41.9 Å². The molecule has 8 nitrogen and oxygen atoms in total. The lowest BCUT2D eigenvalue weighted by atomic mass is 10.2. The number of para-hydroxylation sites is 1. The largest absolute Gasteiger partial charge is 0.488 e. The van der Waals surface area contributed by atoms with Crippen molar-refractivity contribution >= 4 is 61.3 Å². The van der Waals surface area contributed by atoms with Gasteiger partial charge < -0.3 is 9.47 Å². The molecule has 0 spiro atoms. The Bertz CT molecular complexity index is 1510. The van der Waals surface area contributed by atoms with Crippen molar-refractivity contribution in [3.8, 4) is 11.5 Å². The Morgan fingerprint density at radius 3 is 2.31 bits per heavy atom. The van der Waals surface area contributed by atoms with Crippen LogP contribution in [0.4, 0.5) is 5.69 Å². The molecule has 0 unspecified atom stereocenters. The summed E-state index contributed by atoms with van der Waals surface area (Å²) < 4.78 is 13.1. The normalized spacial score (nSPS) is 10.8. The Kier molecular flexibility index (Phi) is 9.69. The van der Waals surface area contributed by atoms with Crippen molar-refractivity contribution in [2.45, 2.75) is 13.2 Å². The number of hydrogen-bond donors (Lipinski definition) is 1. The molecule has 11 heteroatoms. The summed E-state index contributed by atoms with van der Waals surface area (Å²) in [6.45, 7) is 0.435. The molecule has 0 aromatic heterocycles. The van der Waals surface area contributed by atoms with Crippen LogP contribution in [0.1, 0.15) is 27.0 Å². The first kappa shape index (κ1) is 28.3. The van der Waals surface area contributed by atoms with E-state index in [2.05, 4.69) is 42.4 Å². The number of nitrogens with zero attached hydrogens (tertiary/aromatic N) is 2. The van der Waals surface area contributed by atoms with Crippen LogP contribution in [0.15, 0.2) is 99.0 Å². The van der Waals surface area contributed by atoms with Crippen molar-refractivity contribution < 1.29 is 19.2 Å². The van der Waals surface area contributed by atoms with Gasteiger partial charge in [0.25, 0.3) is 11.6 Å². The number of carbonyl (C=O) groups is 1. The van der Waals surface area contributed by atoms with Crippen LogP contribution in [-0.2, 0) is 13.2 Å². The maximum Gasteiger partial charge on any atom is 0.275 e. The molecule has 0 aliphatic heterocycles. The van der Waals surface area contributed by atoms with E-state index in [0.29, 0.717) is 36.6 Å². The van der Waals surface area contributed by atoms with Gasteiger partial charge in [-0.25, -0.2) is 5.43 Å². The lowest BCUT2D eigenvalue weighted by Crippen LogP contribution is -2.18. The number of amides is 1. The number of nitro benzene ring substituents is 1. The molecule has 4 rings (SSSR count). The number of non-ortho nitro benzene ring substituents is 1. The van der Waals surface area contributed by atoms with Crippen molar-refractivity contribution in [1.82, 2.24) is 5.43 Å². The van der Waals surface area contributed by atoms with E-state index < -0.39 is 10.8 Å². The van der Waals surface area contributed by atoms with E-state index in [4.69, 9.17) is 21.1 Å². The average Bonchev–Trinajstić information content (AvgIpc) is 2.92. The Morgan fingerprint density at radius 1 is 0.949 bits per heavy atom. The number of benzene rings is 4. The molecule has 1 amide bonds. The highest BCUT2D eigenvalue weighted by Gasteiger charge is 2.13. The van der Waals surface area contributed by atoms with Gasteiger partial charge >= 0.3 is 0 Å². The van der Waals surface area contributed by atoms with E-state index >= 15 is 0 Å². The molecule has 39 heavy (non-hydrogen) atoms. The first-order valence-corrected chi connectivity index (χ1v) is 13.4. The summed E-state index contributed by atoms with van der Waals surface area (Å²) in [4.78, 5) is 23.2. The third-order valence-corrected chi connectivity index (χ3v) is 6.95. The van der Waals surface area contributed by atoms with Gasteiger partial charge in [0.05, 0.1) is 25.6 Å². The topological polar surface area (TPSA) is 103 Å². The van der Waals surface area contributed by atoms with Crippen molar-refractivity contribution in [3.05, 3.63) is 131 Å². The van der Waals surface area contributed by atoms with E-state index in [1.165, 1.54) is 18.3 Å². The van der Waals surface area contributed by atoms with E-state index in [-0.39, 0.29) is 18.9 Å². The highest BCUT2D eigenvalue weighted by Crippen LogP contribution is 2.35. The Hall–Kier alpha value is -3.73. The molecular weight excluding hydrogens is 654 g/mol. The third-order valence-electron chi connectivity index (χ3n) is 5.40. The molecule has 198 valence electrons. The fourth-order valence-electron chi connectivity index (χ4n) is 3.44. The number of nitro groups is 1. The number of hydrogen-bond acceptors (Lipinski definition) is 6. The SMILES string of the molecule is O=C(N/N=C/c1cc(Br)c(OCc2ccc([N+](=O)[O-])cc2)c(Br)c1)c1ccccc1OCc1ccccc1Cl. The summed E-state index contributed by atoms with van der Waals surface area (Å²) in [6.07, 6.45) is 1.50. The molecule has 0 fully saturated rings. The second-order valence-corrected chi connectivity index (χ2v) is 10.2. The number of ether oxygens (including phenoxy) is 2. The van der Waals surface area contributed by atoms with Crippen molar-refractivity contribution in [1.29, 1.82) is 0 Å². The van der Waals surface area contributed by atoms with Crippen molar-refractivity contribution in [2.75, 3.05) is 0 Å². The number of carbonyl (C=O) groups excluding carboxylic acids is 1. The number of rotatable bonds is 10. The molecule has 4 aromatic rings. The Morgan fingerprint density at radius 2 is 1.62 bits per heavy atom. The van der Waals surface area contributed by atoms with Crippen LogP contribution in [0.3, 0.4) is 0 Å². The standard InChI is InChI=1S/C28H20Br2ClN3O5/c29-23-13-19(14-24(30)27(23)39-16-18-9-11-21(12-10-18)34(36)37)15-32-33-28(35)22-6-2-4-8-26(22)38-17-20-5-1-3-7-25(20)31/h1-15H,16-17H2,(H,33,35)/b32-15+. The van der Waals surface area contributed by atoms with Crippen LogP contribution < -0.4 is 14.9 Å². The molecule has 4 aromatic carbocycles. The quantitative estimate of drug-likeness (QED) is 0.106. The zero-order valence-electron chi connectivity index (χ0n) is 20.1. The van der Waals surface area contributed by atoms with Crippen molar-refractivity contribution in [2.24, 2.45) is 5.10 Å². The third kappa shape index (κ3) is 7.66. The predicted molar refractivity (Wildman–Crippen MR) is 157 cm³/mol. The van der Waals surface area contributed by atoms with Crippen molar-refractivity contribution in [3.63, 3.8) is 0 Å². The molecule has 0 radical (unpaired) electrons. The molecule has 0 aliphatic carbocycles. The van der Waals surface area contributed by atoms with Crippen LogP contribution >= 0.6 is 43.5 Å². The van der Waals surface area contributed by atoms with Gasteiger partial charge in [0, 0.05) is 22.7 Å². The highest BCUT2D eigenvalue weighted by atomic mass is 79.9. The monoisotopic (exact) mass is 671 g/mol. The predicted octanol–water partition coefficient (Wildman–Crippen LogP) is 7.70. The Balaban J connectivity index is 1.37. The molecule has 0 atom stereocenters. The molecule has 0 aliphatic rings. The van der Waals surface area contributed by atoms with Gasteiger partial charge in [0.1, 0.15) is 24.7 Å². The fourth-order valence-corrected chi connectivity index (χ4v) is 5.08. The first-order valence-electron chi connectivity index (χ1n) is 11.5. The number of halogens is 3. The lowest BCUT2D eigenvalue weighted by molar-refractivity contribution is -0.384. The highest BCUT2D eigenvalue weighted by molar-refractivity contribution is 9.11. The summed E-state index contributed by atoms with van der Waals surface area (Å²) in [7, 11) is 0. The minimum absolute atomic E-state index is 0.0185. The van der Waals surface area contributed by atoms with Crippen LogP contribution in [0.5, 0.6) is 11.5 Å². The molecule has 0 bridgehead atoms. The van der Waals surface area contributed by atoms with Crippen LogP contribution in [0, 0.1) is 10.1 Å². The van der Waals surface area contributed by atoms with Crippen LogP contribution in [0.25, 0.3) is 0 Å². The summed E-state index contributed by atoms with van der Waals surface area (Å²) in [6, 6.07) is 23.9. The zero-order valence-corrected chi connectivity index (χ0v) is 24.1. The fraction of sp³-hybridized carbons (Fsp3) is 0.0714. The number of nitrogens with one attached hydrogen (secondary N) is 1. The molecule has 0 heterocycles. The summed E-state index contributed by atoms with van der Waals surface area (Å²) >= 11 is 13.2. The second-order valence-electron chi connectivity index (χ2n) is 8.10. The van der Waals surface area contributed by atoms with Gasteiger partial charge in [-0.15, -0.1) is 0 Å². The Labute approximate surface area is 246 Å². The van der Waals surface area contributed by atoms with Gasteiger partial charge in [-0.05, 0) is 85.5 Å². The smallest absolute Gasteiger partial charge is 0.275 e. The van der Waals surface area contributed by atoms with Crippen LogP contribution in [-0.4, -0.2) is 17.0 Å². The summed E-state index contributed by atoms with van der Waals surface area (Å²) in [5.41, 5.74) is 5.16.